The molecule has 0 N–H and O–H groups in total. The van der Waals surface area contributed by atoms with E-state index in [1.165, 1.54) is 6.92 Å². The first-order valence-corrected chi connectivity index (χ1v) is 11.0. The van der Waals surface area contributed by atoms with E-state index in [1.807, 2.05) is 11.9 Å². The Morgan fingerprint density at radius 1 is 1.13 bits per heavy atom. The first kappa shape index (κ1) is 22.5. The van der Waals surface area contributed by atoms with E-state index >= 15 is 0 Å². The van der Waals surface area contributed by atoms with Crippen molar-refractivity contribution in [3.8, 4) is 0 Å². The van der Waals surface area contributed by atoms with Crippen molar-refractivity contribution >= 4 is 23.7 Å². The average molecular weight is 423 g/mol. The van der Waals surface area contributed by atoms with E-state index in [-0.39, 0.29) is 41.8 Å². The molecule has 30 heavy (non-hydrogen) atoms. The summed E-state index contributed by atoms with van der Waals surface area (Å²) in [4.78, 5) is 57.0. The Bertz CT molecular complexity index is 699. The molecule has 9 heteroatoms. The van der Waals surface area contributed by atoms with Gasteiger partial charge < -0.3 is 19.4 Å². The molecule has 1 spiro atoms. The van der Waals surface area contributed by atoms with Crippen LogP contribution in [0.2, 0.25) is 0 Å². The van der Waals surface area contributed by atoms with Gasteiger partial charge in [-0.3, -0.25) is 24.1 Å². The normalized spacial score (nSPS) is 28.0. The van der Waals surface area contributed by atoms with E-state index in [0.29, 0.717) is 58.5 Å². The zero-order valence-electron chi connectivity index (χ0n) is 18.4. The number of esters is 1. The quantitative estimate of drug-likeness (QED) is 0.597. The third-order valence-electron chi connectivity index (χ3n) is 6.88. The lowest BCUT2D eigenvalue weighted by molar-refractivity contribution is -0.148. The lowest BCUT2D eigenvalue weighted by Gasteiger charge is -2.50. The van der Waals surface area contributed by atoms with Gasteiger partial charge in [0.05, 0.1) is 6.61 Å². The molecule has 3 heterocycles. The standard InChI is InChI=1S/C21H34N4O5/c1-4-30-19(28)14-23-11-9-21(8-7-18(23)27)15-24(13-12-22(21)3)20(29)17-6-5-10-25(17)16(2)26/h17H,4-15H2,1-3H3. The maximum atomic E-state index is 13.3. The van der Waals surface area contributed by atoms with E-state index in [9.17, 15) is 19.2 Å². The van der Waals surface area contributed by atoms with Gasteiger partial charge in [-0.05, 0) is 39.7 Å². The second-order valence-electron chi connectivity index (χ2n) is 8.65. The van der Waals surface area contributed by atoms with Crippen LogP contribution < -0.4 is 0 Å². The number of carbonyl (C=O) groups excluding carboxylic acids is 4. The Balaban J connectivity index is 1.70. The van der Waals surface area contributed by atoms with Crippen molar-refractivity contribution in [2.45, 2.75) is 57.5 Å². The van der Waals surface area contributed by atoms with Crippen LogP contribution in [0.15, 0.2) is 0 Å². The summed E-state index contributed by atoms with van der Waals surface area (Å²) in [6.07, 6.45) is 3.25. The predicted molar refractivity (Wildman–Crippen MR) is 109 cm³/mol. The van der Waals surface area contributed by atoms with Crippen LogP contribution in [0.3, 0.4) is 0 Å². The molecule has 168 valence electrons. The summed E-state index contributed by atoms with van der Waals surface area (Å²) in [7, 11) is 2.05. The summed E-state index contributed by atoms with van der Waals surface area (Å²) in [6, 6.07) is -0.365. The van der Waals surface area contributed by atoms with E-state index in [4.69, 9.17) is 4.74 Å². The number of ether oxygens (including phenoxy) is 1. The molecule has 0 aromatic heterocycles. The Morgan fingerprint density at radius 2 is 1.90 bits per heavy atom. The summed E-state index contributed by atoms with van der Waals surface area (Å²) in [5.41, 5.74) is -0.299. The highest BCUT2D eigenvalue weighted by molar-refractivity contribution is 5.87. The highest BCUT2D eigenvalue weighted by atomic mass is 16.5. The molecule has 9 nitrogen and oxygen atoms in total. The number of likely N-dealkylation sites (N-methyl/N-ethyl adjacent to an activating group) is 1. The monoisotopic (exact) mass is 422 g/mol. The van der Waals surface area contributed by atoms with Gasteiger partial charge in [0.25, 0.3) is 0 Å². The molecule has 3 fully saturated rings. The smallest absolute Gasteiger partial charge is 0.325 e. The fourth-order valence-electron chi connectivity index (χ4n) is 5.02. The second-order valence-corrected chi connectivity index (χ2v) is 8.65. The molecule has 2 atom stereocenters. The number of hydrogen-bond acceptors (Lipinski definition) is 6. The van der Waals surface area contributed by atoms with Crippen LogP contribution in [0.5, 0.6) is 0 Å². The third kappa shape index (κ3) is 4.61. The summed E-state index contributed by atoms with van der Waals surface area (Å²) in [5.74, 6) is -0.463. The molecule has 3 rings (SSSR count). The maximum absolute atomic E-state index is 13.3. The molecule has 3 aliphatic heterocycles. The Hall–Kier alpha value is -2.16. The van der Waals surface area contributed by atoms with Gasteiger partial charge in [-0.25, -0.2) is 0 Å². The molecule has 3 amide bonds. The topological polar surface area (TPSA) is 90.5 Å². The van der Waals surface area contributed by atoms with Gasteiger partial charge in [0.2, 0.25) is 17.7 Å². The largest absolute Gasteiger partial charge is 0.465 e. The molecular formula is C21H34N4O5. The van der Waals surface area contributed by atoms with Gasteiger partial charge >= 0.3 is 5.97 Å². The first-order valence-electron chi connectivity index (χ1n) is 11.0. The molecule has 3 saturated heterocycles. The van der Waals surface area contributed by atoms with Crippen molar-refractivity contribution < 1.29 is 23.9 Å². The Labute approximate surface area is 178 Å². The lowest BCUT2D eigenvalue weighted by atomic mass is 9.86. The lowest BCUT2D eigenvalue weighted by Crippen LogP contribution is -2.64. The predicted octanol–water partition coefficient (Wildman–Crippen LogP) is 0.0857. The van der Waals surface area contributed by atoms with Gasteiger partial charge in [-0.1, -0.05) is 0 Å². The molecule has 0 bridgehead atoms. The summed E-state index contributed by atoms with van der Waals surface area (Å²) in [6.45, 7) is 6.54. The molecular weight excluding hydrogens is 388 g/mol. The second kappa shape index (κ2) is 9.32. The zero-order valence-corrected chi connectivity index (χ0v) is 18.4. The fourth-order valence-corrected chi connectivity index (χ4v) is 5.02. The Kier molecular flexibility index (Phi) is 7.00. The molecule has 0 aromatic rings. The van der Waals surface area contributed by atoms with Crippen LogP contribution in [-0.4, -0.2) is 108 Å². The van der Waals surface area contributed by atoms with Gasteiger partial charge in [0.1, 0.15) is 12.6 Å². The first-order chi connectivity index (χ1) is 14.3. The number of hydrogen-bond donors (Lipinski definition) is 0. The highest BCUT2D eigenvalue weighted by Crippen LogP contribution is 2.33. The number of carbonyl (C=O) groups is 4. The van der Waals surface area contributed by atoms with Gasteiger partial charge in [-0.2, -0.15) is 0 Å². The number of likely N-dealkylation sites (tertiary alicyclic amines) is 2. The number of nitrogens with zero attached hydrogens (tertiary/aromatic N) is 4. The maximum Gasteiger partial charge on any atom is 0.325 e. The van der Waals surface area contributed by atoms with Gasteiger partial charge in [0, 0.05) is 51.6 Å². The van der Waals surface area contributed by atoms with Crippen molar-refractivity contribution in [1.29, 1.82) is 0 Å². The van der Waals surface area contributed by atoms with Crippen molar-refractivity contribution in [2.75, 3.05) is 52.9 Å². The van der Waals surface area contributed by atoms with Crippen LogP contribution in [0.4, 0.5) is 0 Å². The molecule has 0 aliphatic carbocycles. The third-order valence-corrected chi connectivity index (χ3v) is 6.88. The van der Waals surface area contributed by atoms with E-state index in [1.54, 1.807) is 16.7 Å². The van der Waals surface area contributed by atoms with Crippen LogP contribution in [0, 0.1) is 0 Å². The highest BCUT2D eigenvalue weighted by Gasteiger charge is 2.45. The van der Waals surface area contributed by atoms with Crippen LogP contribution in [0.25, 0.3) is 0 Å². The minimum Gasteiger partial charge on any atom is -0.465 e. The molecule has 0 saturated carbocycles. The summed E-state index contributed by atoms with van der Waals surface area (Å²) < 4.78 is 5.00. The number of amides is 3. The Morgan fingerprint density at radius 3 is 2.60 bits per heavy atom. The van der Waals surface area contributed by atoms with E-state index < -0.39 is 0 Å². The minimum absolute atomic E-state index is 0.0223. The van der Waals surface area contributed by atoms with E-state index in [0.717, 1.165) is 13.0 Å². The average Bonchev–Trinajstić information content (AvgIpc) is 3.15. The molecule has 0 radical (unpaired) electrons. The minimum atomic E-state index is -0.388. The van der Waals surface area contributed by atoms with Crippen LogP contribution in [-0.2, 0) is 23.9 Å². The van der Waals surface area contributed by atoms with Crippen molar-refractivity contribution in [1.82, 2.24) is 19.6 Å². The molecule has 0 aromatic carbocycles. The number of piperazine rings is 1. The van der Waals surface area contributed by atoms with Crippen molar-refractivity contribution in [3.63, 3.8) is 0 Å². The zero-order chi connectivity index (χ0) is 21.9. The fraction of sp³-hybridized carbons (Fsp3) is 0.810. The molecule has 2 unspecified atom stereocenters. The van der Waals surface area contributed by atoms with Crippen LogP contribution in [0.1, 0.15) is 46.0 Å². The summed E-state index contributed by atoms with van der Waals surface area (Å²) >= 11 is 0. The van der Waals surface area contributed by atoms with E-state index in [2.05, 4.69) is 4.90 Å². The molecule has 3 aliphatic rings. The summed E-state index contributed by atoms with van der Waals surface area (Å²) in [5, 5.41) is 0. The SMILES string of the molecule is CCOC(=O)CN1CCC2(CCC1=O)CN(C(=O)C1CCCN1C(C)=O)CCN2C. The van der Waals surface area contributed by atoms with Crippen molar-refractivity contribution in [3.05, 3.63) is 0 Å². The van der Waals surface area contributed by atoms with Crippen LogP contribution >= 0.6 is 0 Å². The van der Waals surface area contributed by atoms with Gasteiger partial charge in [0.15, 0.2) is 0 Å². The van der Waals surface area contributed by atoms with Gasteiger partial charge in [-0.15, -0.1) is 0 Å². The van der Waals surface area contributed by atoms with Crippen molar-refractivity contribution in [2.24, 2.45) is 0 Å². The number of rotatable bonds is 4.